The molecule has 6 nitrogen and oxygen atoms in total. The van der Waals surface area contributed by atoms with Crippen molar-refractivity contribution in [3.05, 3.63) is 59.7 Å². The number of hydrogen-bond donors (Lipinski definition) is 2. The van der Waals surface area contributed by atoms with Crippen LogP contribution in [0.4, 0.5) is 0 Å². The van der Waals surface area contributed by atoms with E-state index in [1.165, 1.54) is 7.11 Å². The molecule has 0 radical (unpaired) electrons. The average Bonchev–Trinajstić information content (AvgIpc) is 2.66. The first-order valence-electron chi connectivity index (χ1n) is 8.79. The van der Waals surface area contributed by atoms with E-state index in [0.717, 1.165) is 0 Å². The maximum Gasteiger partial charge on any atom is 0.312 e. The minimum Gasteiger partial charge on any atom is -0.493 e. The third kappa shape index (κ3) is 5.74. The highest BCUT2D eigenvalue weighted by Crippen LogP contribution is 2.28. The monoisotopic (exact) mass is 371 g/mol. The summed E-state index contributed by atoms with van der Waals surface area (Å²) in [6, 6.07) is 13.7. The van der Waals surface area contributed by atoms with Crippen LogP contribution in [0.1, 0.15) is 35.7 Å². The number of carboxylic acid groups (broad SMARTS) is 1. The number of aliphatic carboxylic acids is 1. The lowest BCUT2D eigenvalue weighted by Crippen LogP contribution is -2.31. The lowest BCUT2D eigenvalue weighted by atomic mass is 9.99. The van der Waals surface area contributed by atoms with Gasteiger partial charge in [0.1, 0.15) is 0 Å². The summed E-state index contributed by atoms with van der Waals surface area (Å²) in [6.45, 7) is 4.62. The van der Waals surface area contributed by atoms with Gasteiger partial charge >= 0.3 is 5.97 Å². The molecule has 1 unspecified atom stereocenters. The molecule has 6 heteroatoms. The second-order valence-corrected chi connectivity index (χ2v) is 6.58. The van der Waals surface area contributed by atoms with Crippen LogP contribution in [0.15, 0.2) is 48.5 Å². The van der Waals surface area contributed by atoms with Crippen LogP contribution >= 0.6 is 0 Å². The van der Waals surface area contributed by atoms with Crippen molar-refractivity contribution in [1.29, 1.82) is 0 Å². The van der Waals surface area contributed by atoms with Crippen molar-refractivity contribution in [2.45, 2.75) is 19.8 Å². The van der Waals surface area contributed by atoms with E-state index in [4.69, 9.17) is 9.47 Å². The Morgan fingerprint density at radius 2 is 1.78 bits per heavy atom. The zero-order valence-electron chi connectivity index (χ0n) is 15.8. The van der Waals surface area contributed by atoms with E-state index in [9.17, 15) is 14.7 Å². The predicted molar refractivity (Wildman–Crippen MR) is 102 cm³/mol. The molecule has 0 aliphatic heterocycles. The number of carbonyl (C=O) groups is 2. The van der Waals surface area contributed by atoms with Crippen molar-refractivity contribution < 1.29 is 24.2 Å². The summed E-state index contributed by atoms with van der Waals surface area (Å²) in [5.41, 5.74) is 1.02. The fraction of sp³-hybridized carbons (Fsp3) is 0.333. The highest BCUT2D eigenvalue weighted by Gasteiger charge is 2.21. The molecule has 1 amide bonds. The SMILES string of the molecule is COc1cc(C(=O)NCC(C(=O)O)c2ccccc2)ccc1OCC(C)C. The van der Waals surface area contributed by atoms with Gasteiger partial charge in [0.05, 0.1) is 19.6 Å². The molecule has 2 rings (SSSR count). The minimum absolute atomic E-state index is 0.00784. The third-order valence-electron chi connectivity index (χ3n) is 3.96. The molecule has 0 aliphatic rings. The van der Waals surface area contributed by atoms with E-state index >= 15 is 0 Å². The Labute approximate surface area is 159 Å². The van der Waals surface area contributed by atoms with Gasteiger partial charge in [0.2, 0.25) is 0 Å². The molecular formula is C21H25NO5. The summed E-state index contributed by atoms with van der Waals surface area (Å²) in [5, 5.41) is 12.1. The minimum atomic E-state index is -0.989. The Kier molecular flexibility index (Phi) is 7.23. The van der Waals surface area contributed by atoms with Crippen molar-refractivity contribution in [3.63, 3.8) is 0 Å². The summed E-state index contributed by atoms with van der Waals surface area (Å²) in [7, 11) is 1.51. The van der Waals surface area contributed by atoms with Crippen molar-refractivity contribution in [2.75, 3.05) is 20.3 Å². The first-order valence-corrected chi connectivity index (χ1v) is 8.79. The number of amides is 1. The van der Waals surface area contributed by atoms with Crippen LogP contribution in [-0.2, 0) is 4.79 Å². The lowest BCUT2D eigenvalue weighted by molar-refractivity contribution is -0.138. The standard InChI is InChI=1S/C21H25NO5/c1-14(2)13-27-18-10-9-16(11-19(18)26-3)20(23)22-12-17(21(24)25)15-7-5-4-6-8-15/h4-11,14,17H,12-13H2,1-3H3,(H,22,23)(H,24,25). The maximum atomic E-state index is 12.4. The van der Waals surface area contributed by atoms with Crippen LogP contribution in [0.3, 0.4) is 0 Å². The largest absolute Gasteiger partial charge is 0.493 e. The van der Waals surface area contributed by atoms with E-state index in [2.05, 4.69) is 5.32 Å². The molecule has 2 N–H and O–H groups in total. The maximum absolute atomic E-state index is 12.4. The second kappa shape index (κ2) is 9.62. The van der Waals surface area contributed by atoms with Gasteiger partial charge in [-0.05, 0) is 29.7 Å². The van der Waals surface area contributed by atoms with Crippen LogP contribution < -0.4 is 14.8 Å². The molecule has 0 fully saturated rings. The molecule has 1 atom stereocenters. The number of carbonyl (C=O) groups excluding carboxylic acids is 1. The molecule has 2 aromatic rings. The lowest BCUT2D eigenvalue weighted by Gasteiger charge is -2.15. The molecule has 0 bridgehead atoms. The first-order chi connectivity index (χ1) is 12.9. The van der Waals surface area contributed by atoms with Gasteiger partial charge in [0.15, 0.2) is 11.5 Å². The zero-order chi connectivity index (χ0) is 19.8. The molecule has 0 saturated carbocycles. The predicted octanol–water partition coefficient (Wildman–Crippen LogP) is 3.33. The summed E-state index contributed by atoms with van der Waals surface area (Å²) < 4.78 is 11.0. The Bertz CT molecular complexity index is 773. The molecule has 0 spiro atoms. The number of rotatable bonds is 9. The van der Waals surface area contributed by atoms with Crippen LogP contribution in [0.5, 0.6) is 11.5 Å². The average molecular weight is 371 g/mol. The summed E-state index contributed by atoms with van der Waals surface area (Å²) in [4.78, 5) is 24.0. The van der Waals surface area contributed by atoms with E-state index < -0.39 is 11.9 Å². The van der Waals surface area contributed by atoms with Gasteiger partial charge in [0, 0.05) is 12.1 Å². The molecular weight excluding hydrogens is 346 g/mol. The van der Waals surface area contributed by atoms with Crippen molar-refractivity contribution in [2.24, 2.45) is 5.92 Å². The molecule has 0 aliphatic carbocycles. The molecule has 27 heavy (non-hydrogen) atoms. The van der Waals surface area contributed by atoms with Crippen LogP contribution in [0.25, 0.3) is 0 Å². The summed E-state index contributed by atoms with van der Waals surface area (Å²) >= 11 is 0. The van der Waals surface area contributed by atoms with Gasteiger partial charge in [-0.25, -0.2) is 0 Å². The Morgan fingerprint density at radius 1 is 1.07 bits per heavy atom. The van der Waals surface area contributed by atoms with E-state index in [1.807, 2.05) is 19.9 Å². The number of carboxylic acids is 1. The first kappa shape index (κ1) is 20.3. The van der Waals surface area contributed by atoms with Gasteiger partial charge in [0.25, 0.3) is 5.91 Å². The van der Waals surface area contributed by atoms with Crippen LogP contribution in [0.2, 0.25) is 0 Å². The van der Waals surface area contributed by atoms with Crippen LogP contribution in [-0.4, -0.2) is 37.2 Å². The third-order valence-corrected chi connectivity index (χ3v) is 3.96. The fourth-order valence-electron chi connectivity index (χ4n) is 2.51. The van der Waals surface area contributed by atoms with Gasteiger partial charge in [-0.15, -0.1) is 0 Å². The van der Waals surface area contributed by atoms with E-state index in [0.29, 0.717) is 35.2 Å². The number of benzene rings is 2. The zero-order valence-corrected chi connectivity index (χ0v) is 15.8. The van der Waals surface area contributed by atoms with E-state index in [1.54, 1.807) is 42.5 Å². The molecule has 0 saturated heterocycles. The normalized spacial score (nSPS) is 11.7. The van der Waals surface area contributed by atoms with E-state index in [-0.39, 0.29) is 12.5 Å². The van der Waals surface area contributed by atoms with Gasteiger partial charge in [-0.3, -0.25) is 9.59 Å². The smallest absolute Gasteiger partial charge is 0.312 e. The Hall–Kier alpha value is -3.02. The summed E-state index contributed by atoms with van der Waals surface area (Å²) in [6.07, 6.45) is 0. The van der Waals surface area contributed by atoms with Gasteiger partial charge in [-0.1, -0.05) is 44.2 Å². The second-order valence-electron chi connectivity index (χ2n) is 6.58. The Morgan fingerprint density at radius 3 is 2.37 bits per heavy atom. The molecule has 0 heterocycles. The molecule has 0 aromatic heterocycles. The number of ether oxygens (including phenoxy) is 2. The highest BCUT2D eigenvalue weighted by molar-refractivity contribution is 5.95. The number of nitrogens with one attached hydrogen (secondary N) is 1. The summed E-state index contributed by atoms with van der Waals surface area (Å²) in [5.74, 6) is -0.784. The van der Waals surface area contributed by atoms with Crippen LogP contribution in [0, 0.1) is 5.92 Å². The highest BCUT2D eigenvalue weighted by atomic mass is 16.5. The van der Waals surface area contributed by atoms with Crippen molar-refractivity contribution >= 4 is 11.9 Å². The molecule has 2 aromatic carbocycles. The van der Waals surface area contributed by atoms with Gasteiger partial charge < -0.3 is 19.9 Å². The Balaban J connectivity index is 2.07. The van der Waals surface area contributed by atoms with Crippen molar-refractivity contribution in [3.8, 4) is 11.5 Å². The molecule has 144 valence electrons. The number of hydrogen-bond acceptors (Lipinski definition) is 4. The quantitative estimate of drug-likeness (QED) is 0.706. The number of methoxy groups -OCH3 is 1. The topological polar surface area (TPSA) is 84.9 Å². The fourth-order valence-corrected chi connectivity index (χ4v) is 2.51. The van der Waals surface area contributed by atoms with Crippen molar-refractivity contribution in [1.82, 2.24) is 5.32 Å². The van der Waals surface area contributed by atoms with Gasteiger partial charge in [-0.2, -0.15) is 0 Å².